The molecule has 1 unspecified atom stereocenters. The lowest BCUT2D eigenvalue weighted by Crippen LogP contribution is -2.52. The van der Waals surface area contributed by atoms with Gasteiger partial charge in [-0.15, -0.1) is 0 Å². The number of carbonyl (C=O) groups excluding carboxylic acids is 1. The number of sulfonamides is 1. The third kappa shape index (κ3) is 4.47. The van der Waals surface area contributed by atoms with Crippen LogP contribution in [0.5, 0.6) is 5.75 Å². The second-order valence-electron chi connectivity index (χ2n) is 7.74. The lowest BCUT2D eigenvalue weighted by molar-refractivity contribution is -0.139. The topological polar surface area (TPSA) is 104 Å². The quantitative estimate of drug-likeness (QED) is 0.694. The molecule has 0 spiro atoms. The molecule has 2 heterocycles. The summed E-state index contributed by atoms with van der Waals surface area (Å²) in [4.78, 5) is 25.6. The van der Waals surface area contributed by atoms with Gasteiger partial charge in [0.1, 0.15) is 5.75 Å². The number of para-hydroxylation sites is 2. The Labute approximate surface area is 186 Å². The standard InChI is InChI=1S/C23H24N2O6S/c26-22(27)13-10-17-8-11-18(12-9-17)32(29,30)25-16-21(23(28)24-14-4-1-5-15-24)31-20-7-3-2-6-19(20)25/h2-3,6-13,21H,1,4-5,14-16H2,(H,26,27). The van der Waals surface area contributed by atoms with E-state index in [2.05, 4.69) is 0 Å². The Balaban J connectivity index is 1.64. The summed E-state index contributed by atoms with van der Waals surface area (Å²) in [5, 5.41) is 8.75. The van der Waals surface area contributed by atoms with E-state index < -0.39 is 22.1 Å². The Bertz CT molecular complexity index is 1140. The third-order valence-electron chi connectivity index (χ3n) is 5.56. The molecular formula is C23H24N2O6S. The Kier molecular flexibility index (Phi) is 6.18. The molecule has 2 aliphatic rings. The minimum absolute atomic E-state index is 0.0471. The van der Waals surface area contributed by atoms with Crippen molar-refractivity contribution in [2.45, 2.75) is 30.3 Å². The average molecular weight is 457 g/mol. The van der Waals surface area contributed by atoms with Gasteiger partial charge in [0.05, 0.1) is 17.1 Å². The van der Waals surface area contributed by atoms with Crippen LogP contribution in [0.25, 0.3) is 6.08 Å². The number of nitrogens with zero attached hydrogens (tertiary/aromatic N) is 2. The van der Waals surface area contributed by atoms with Gasteiger partial charge in [0.25, 0.3) is 15.9 Å². The Morgan fingerprint density at radius 1 is 1.00 bits per heavy atom. The molecule has 0 aliphatic carbocycles. The number of piperidine rings is 1. The number of carbonyl (C=O) groups is 2. The first kappa shape index (κ1) is 21.9. The maximum atomic E-state index is 13.5. The number of hydrogen-bond acceptors (Lipinski definition) is 5. The van der Waals surface area contributed by atoms with Crippen molar-refractivity contribution in [3.05, 3.63) is 60.2 Å². The number of likely N-dealkylation sites (tertiary alicyclic amines) is 1. The summed E-state index contributed by atoms with van der Waals surface area (Å²) in [6.45, 7) is 1.19. The van der Waals surface area contributed by atoms with Gasteiger partial charge in [-0.05, 0) is 55.2 Å². The monoisotopic (exact) mass is 456 g/mol. The van der Waals surface area contributed by atoms with Crippen LogP contribution in [0.4, 0.5) is 5.69 Å². The average Bonchev–Trinajstić information content (AvgIpc) is 2.82. The molecule has 168 valence electrons. The molecule has 0 bridgehead atoms. The Hall–Kier alpha value is -3.33. The molecule has 2 aromatic rings. The number of carboxylic acids is 1. The van der Waals surface area contributed by atoms with Crippen LogP contribution in [0.1, 0.15) is 24.8 Å². The van der Waals surface area contributed by atoms with E-state index in [0.29, 0.717) is 30.1 Å². The molecular weight excluding hydrogens is 432 g/mol. The van der Waals surface area contributed by atoms with Crippen molar-refractivity contribution in [1.29, 1.82) is 0 Å². The number of fused-ring (bicyclic) bond motifs is 1. The van der Waals surface area contributed by atoms with E-state index >= 15 is 0 Å². The van der Waals surface area contributed by atoms with Crippen molar-refractivity contribution >= 4 is 33.7 Å². The fraction of sp³-hybridized carbons (Fsp3) is 0.304. The van der Waals surface area contributed by atoms with Crippen LogP contribution >= 0.6 is 0 Å². The lowest BCUT2D eigenvalue weighted by Gasteiger charge is -2.37. The largest absolute Gasteiger partial charge is 0.478 e. The first-order valence-corrected chi connectivity index (χ1v) is 11.9. The fourth-order valence-electron chi connectivity index (χ4n) is 3.92. The van der Waals surface area contributed by atoms with Crippen LogP contribution in [0.15, 0.2) is 59.5 Å². The van der Waals surface area contributed by atoms with Gasteiger partial charge in [0.2, 0.25) is 0 Å². The molecule has 9 heteroatoms. The highest BCUT2D eigenvalue weighted by atomic mass is 32.2. The van der Waals surface area contributed by atoms with Crippen molar-refractivity contribution in [3.8, 4) is 5.75 Å². The van der Waals surface area contributed by atoms with Gasteiger partial charge in [0, 0.05) is 19.2 Å². The molecule has 8 nitrogen and oxygen atoms in total. The molecule has 1 fully saturated rings. The summed E-state index contributed by atoms with van der Waals surface area (Å²) >= 11 is 0. The number of carboxylic acid groups (broad SMARTS) is 1. The Morgan fingerprint density at radius 2 is 1.69 bits per heavy atom. The lowest BCUT2D eigenvalue weighted by atomic mass is 10.1. The van der Waals surface area contributed by atoms with Gasteiger partial charge < -0.3 is 14.7 Å². The molecule has 1 atom stereocenters. The maximum absolute atomic E-state index is 13.5. The number of aliphatic carboxylic acids is 1. The van der Waals surface area contributed by atoms with Crippen molar-refractivity contribution in [2.24, 2.45) is 0 Å². The molecule has 1 N–H and O–H groups in total. The number of hydrogen-bond donors (Lipinski definition) is 1. The molecule has 1 amide bonds. The minimum atomic E-state index is -3.98. The zero-order valence-corrected chi connectivity index (χ0v) is 18.2. The van der Waals surface area contributed by atoms with Crippen molar-refractivity contribution in [1.82, 2.24) is 4.90 Å². The summed E-state index contributed by atoms with van der Waals surface area (Å²) in [6.07, 6.45) is 4.39. The first-order chi connectivity index (χ1) is 15.4. The Morgan fingerprint density at radius 3 is 2.38 bits per heavy atom. The van der Waals surface area contributed by atoms with Crippen molar-refractivity contribution in [2.75, 3.05) is 23.9 Å². The zero-order chi connectivity index (χ0) is 22.7. The van der Waals surface area contributed by atoms with Gasteiger partial charge in [-0.2, -0.15) is 0 Å². The van der Waals surface area contributed by atoms with Crippen LogP contribution in [0.3, 0.4) is 0 Å². The third-order valence-corrected chi connectivity index (χ3v) is 7.36. The SMILES string of the molecule is O=C(O)C=Cc1ccc(S(=O)(=O)N2CC(C(=O)N3CCCCC3)Oc3ccccc32)cc1. The summed E-state index contributed by atoms with van der Waals surface area (Å²) in [7, 11) is -3.98. The second kappa shape index (κ2) is 9.04. The number of amides is 1. The highest BCUT2D eigenvalue weighted by Crippen LogP contribution is 2.37. The van der Waals surface area contributed by atoms with Crippen molar-refractivity contribution < 1.29 is 27.9 Å². The van der Waals surface area contributed by atoms with Crippen LogP contribution in [-0.2, 0) is 19.6 Å². The van der Waals surface area contributed by atoms with Gasteiger partial charge in [-0.3, -0.25) is 9.10 Å². The van der Waals surface area contributed by atoms with Gasteiger partial charge in [0.15, 0.2) is 6.10 Å². The summed E-state index contributed by atoms with van der Waals surface area (Å²) < 4.78 is 34.2. The molecule has 1 saturated heterocycles. The summed E-state index contributed by atoms with van der Waals surface area (Å²) in [6, 6.07) is 12.7. The molecule has 0 aromatic heterocycles. The first-order valence-electron chi connectivity index (χ1n) is 10.4. The summed E-state index contributed by atoms with van der Waals surface area (Å²) in [5.74, 6) is -0.941. The molecule has 32 heavy (non-hydrogen) atoms. The van der Waals surface area contributed by atoms with E-state index in [1.807, 2.05) is 0 Å². The van der Waals surface area contributed by atoms with Crippen molar-refractivity contribution in [3.63, 3.8) is 0 Å². The van der Waals surface area contributed by atoms with E-state index in [0.717, 1.165) is 25.3 Å². The van der Waals surface area contributed by atoms with Crippen LogP contribution < -0.4 is 9.04 Å². The number of rotatable bonds is 5. The van der Waals surface area contributed by atoms with E-state index in [9.17, 15) is 18.0 Å². The van der Waals surface area contributed by atoms with Gasteiger partial charge in [-0.1, -0.05) is 24.3 Å². The smallest absolute Gasteiger partial charge is 0.328 e. The minimum Gasteiger partial charge on any atom is -0.478 e. The van der Waals surface area contributed by atoms with Crippen LogP contribution in [-0.4, -0.2) is 56.0 Å². The fourth-order valence-corrected chi connectivity index (χ4v) is 5.40. The number of anilines is 1. The highest BCUT2D eigenvalue weighted by Gasteiger charge is 2.39. The van der Waals surface area contributed by atoms with Crippen LogP contribution in [0.2, 0.25) is 0 Å². The van der Waals surface area contributed by atoms with E-state index in [-0.39, 0.29) is 17.3 Å². The predicted octanol–water partition coefficient (Wildman–Crippen LogP) is 2.75. The van der Waals surface area contributed by atoms with E-state index in [1.165, 1.54) is 34.6 Å². The van der Waals surface area contributed by atoms with Crippen LogP contribution in [0, 0.1) is 0 Å². The molecule has 2 aromatic carbocycles. The molecule has 4 rings (SSSR count). The summed E-state index contributed by atoms with van der Waals surface area (Å²) in [5.41, 5.74) is 0.942. The second-order valence-corrected chi connectivity index (χ2v) is 9.60. The van der Waals surface area contributed by atoms with E-state index in [4.69, 9.17) is 9.84 Å². The molecule has 0 radical (unpaired) electrons. The molecule has 0 saturated carbocycles. The van der Waals surface area contributed by atoms with E-state index in [1.54, 1.807) is 29.2 Å². The maximum Gasteiger partial charge on any atom is 0.328 e. The highest BCUT2D eigenvalue weighted by molar-refractivity contribution is 7.92. The zero-order valence-electron chi connectivity index (χ0n) is 17.4. The number of benzene rings is 2. The van der Waals surface area contributed by atoms with Gasteiger partial charge >= 0.3 is 5.97 Å². The molecule has 2 aliphatic heterocycles. The number of ether oxygens (including phenoxy) is 1. The predicted molar refractivity (Wildman–Crippen MR) is 119 cm³/mol. The van der Waals surface area contributed by atoms with Gasteiger partial charge in [-0.25, -0.2) is 13.2 Å². The normalized spacial score (nSPS) is 18.8.